The van der Waals surface area contributed by atoms with E-state index in [1.807, 2.05) is 18.8 Å². The minimum atomic E-state index is 0.195. The number of nitrogens with one attached hydrogen (secondary N) is 2. The van der Waals surface area contributed by atoms with Crippen LogP contribution in [-0.2, 0) is 4.79 Å². The van der Waals surface area contributed by atoms with Gasteiger partial charge in [0, 0.05) is 17.7 Å². The van der Waals surface area contributed by atoms with E-state index >= 15 is 0 Å². The molecule has 14 heavy (non-hydrogen) atoms. The van der Waals surface area contributed by atoms with Crippen molar-refractivity contribution in [2.24, 2.45) is 0 Å². The Morgan fingerprint density at radius 1 is 1.50 bits per heavy atom. The van der Waals surface area contributed by atoms with Gasteiger partial charge in [0.15, 0.2) is 0 Å². The van der Waals surface area contributed by atoms with E-state index in [0.29, 0.717) is 11.2 Å². The maximum absolute atomic E-state index is 11.4. The molecular formula is C10H20N2OS. The fourth-order valence-corrected chi connectivity index (χ4v) is 2.09. The fraction of sp³-hybridized carbons (Fsp3) is 0.900. The molecule has 0 unspecified atom stereocenters. The van der Waals surface area contributed by atoms with Crippen molar-refractivity contribution in [3.63, 3.8) is 0 Å². The van der Waals surface area contributed by atoms with Crippen molar-refractivity contribution in [1.82, 2.24) is 10.6 Å². The molecule has 1 saturated carbocycles. The molecule has 0 radical (unpaired) electrons. The van der Waals surface area contributed by atoms with Crippen LogP contribution < -0.4 is 10.6 Å². The largest absolute Gasteiger partial charge is 0.355 e. The number of thioether (sulfide) groups is 1. The van der Waals surface area contributed by atoms with E-state index in [9.17, 15) is 4.79 Å². The number of hydrogen-bond donors (Lipinski definition) is 2. The molecule has 1 fully saturated rings. The molecule has 4 heteroatoms. The summed E-state index contributed by atoms with van der Waals surface area (Å²) in [6.45, 7) is 1.77. The maximum Gasteiger partial charge on any atom is 0.220 e. The zero-order chi connectivity index (χ0) is 10.4. The summed E-state index contributed by atoms with van der Waals surface area (Å²) >= 11 is 1.88. The highest BCUT2D eigenvalue weighted by Gasteiger charge is 2.41. The predicted molar refractivity (Wildman–Crippen MR) is 61.7 cm³/mol. The summed E-state index contributed by atoms with van der Waals surface area (Å²) < 4.78 is 0.388. The third-order valence-corrected chi connectivity index (χ3v) is 4.10. The van der Waals surface area contributed by atoms with Gasteiger partial charge in [-0.2, -0.15) is 11.8 Å². The highest BCUT2D eigenvalue weighted by Crippen LogP contribution is 2.46. The topological polar surface area (TPSA) is 41.1 Å². The summed E-state index contributed by atoms with van der Waals surface area (Å²) in [4.78, 5) is 11.4. The Morgan fingerprint density at radius 3 is 2.71 bits per heavy atom. The van der Waals surface area contributed by atoms with Crippen molar-refractivity contribution in [2.45, 2.75) is 30.4 Å². The second kappa shape index (κ2) is 5.61. The molecule has 1 aliphatic carbocycles. The van der Waals surface area contributed by atoms with Crippen molar-refractivity contribution in [1.29, 1.82) is 0 Å². The van der Waals surface area contributed by atoms with E-state index < -0.39 is 0 Å². The van der Waals surface area contributed by atoms with Crippen LogP contribution in [0.4, 0.5) is 0 Å². The van der Waals surface area contributed by atoms with E-state index in [1.54, 1.807) is 0 Å². The third kappa shape index (κ3) is 3.88. The van der Waals surface area contributed by atoms with Gasteiger partial charge in [0.2, 0.25) is 5.91 Å². The molecule has 0 aromatic rings. The van der Waals surface area contributed by atoms with Gasteiger partial charge in [0.1, 0.15) is 0 Å². The van der Waals surface area contributed by atoms with Crippen LogP contribution in [0.1, 0.15) is 25.7 Å². The van der Waals surface area contributed by atoms with Crippen molar-refractivity contribution < 1.29 is 4.79 Å². The van der Waals surface area contributed by atoms with Crippen LogP contribution in [0.3, 0.4) is 0 Å². The number of amides is 1. The van der Waals surface area contributed by atoms with Gasteiger partial charge in [-0.15, -0.1) is 0 Å². The van der Waals surface area contributed by atoms with Gasteiger partial charge in [-0.1, -0.05) is 0 Å². The molecule has 0 aromatic heterocycles. The number of carbonyl (C=O) groups excluding carboxylic acids is 1. The zero-order valence-electron chi connectivity index (χ0n) is 9.06. The molecule has 2 N–H and O–H groups in total. The first-order chi connectivity index (χ1) is 6.72. The van der Waals surface area contributed by atoms with Gasteiger partial charge in [-0.3, -0.25) is 4.79 Å². The van der Waals surface area contributed by atoms with Gasteiger partial charge in [0.05, 0.1) is 0 Å². The maximum atomic E-state index is 11.4. The third-order valence-electron chi connectivity index (χ3n) is 2.68. The van der Waals surface area contributed by atoms with Crippen LogP contribution >= 0.6 is 11.8 Å². The first kappa shape index (κ1) is 11.9. The number of rotatable bonds is 7. The highest BCUT2D eigenvalue weighted by atomic mass is 32.2. The van der Waals surface area contributed by atoms with Crippen LogP contribution in [0.5, 0.6) is 0 Å². The molecule has 0 saturated heterocycles. The molecular weight excluding hydrogens is 196 g/mol. The molecule has 0 spiro atoms. The Morgan fingerprint density at radius 2 is 2.21 bits per heavy atom. The summed E-state index contributed by atoms with van der Waals surface area (Å²) in [6.07, 6.45) is 6.20. The predicted octanol–water partition coefficient (Wildman–Crippen LogP) is 0.998. The smallest absolute Gasteiger partial charge is 0.220 e. The number of carbonyl (C=O) groups is 1. The monoisotopic (exact) mass is 216 g/mol. The zero-order valence-corrected chi connectivity index (χ0v) is 9.88. The molecule has 0 atom stereocenters. The molecule has 1 rings (SSSR count). The lowest BCUT2D eigenvalue weighted by Crippen LogP contribution is -2.31. The van der Waals surface area contributed by atoms with E-state index in [4.69, 9.17) is 0 Å². The fourth-order valence-electron chi connectivity index (χ4n) is 1.37. The first-order valence-electron chi connectivity index (χ1n) is 5.19. The Hall–Kier alpha value is -0.220. The average Bonchev–Trinajstić information content (AvgIpc) is 2.96. The molecule has 0 heterocycles. The van der Waals surface area contributed by atoms with E-state index in [0.717, 1.165) is 19.5 Å². The molecule has 1 amide bonds. The lowest BCUT2D eigenvalue weighted by atomic mass is 10.3. The molecule has 1 aliphatic rings. The van der Waals surface area contributed by atoms with Gasteiger partial charge < -0.3 is 10.6 Å². The lowest BCUT2D eigenvalue weighted by molar-refractivity contribution is -0.121. The van der Waals surface area contributed by atoms with Crippen molar-refractivity contribution in [2.75, 3.05) is 26.4 Å². The number of hydrogen-bond acceptors (Lipinski definition) is 3. The SMILES string of the molecule is CNCCCC(=O)NCC1(SC)CC1. The van der Waals surface area contributed by atoms with Crippen LogP contribution in [0.25, 0.3) is 0 Å². The summed E-state index contributed by atoms with van der Waals surface area (Å²) in [5.74, 6) is 0.195. The van der Waals surface area contributed by atoms with Crippen LogP contribution in [0.15, 0.2) is 0 Å². The normalized spacial score (nSPS) is 17.9. The minimum absolute atomic E-state index is 0.195. The summed E-state index contributed by atoms with van der Waals surface area (Å²) in [6, 6.07) is 0. The quantitative estimate of drug-likeness (QED) is 0.624. The van der Waals surface area contributed by atoms with Crippen molar-refractivity contribution in [3.8, 4) is 0 Å². The van der Waals surface area contributed by atoms with Gasteiger partial charge in [-0.25, -0.2) is 0 Å². The molecule has 0 aliphatic heterocycles. The Bertz CT molecular complexity index is 193. The first-order valence-corrected chi connectivity index (χ1v) is 6.41. The molecule has 0 bridgehead atoms. The minimum Gasteiger partial charge on any atom is -0.355 e. The highest BCUT2D eigenvalue weighted by molar-refractivity contribution is 8.00. The molecule has 3 nitrogen and oxygen atoms in total. The Kier molecular flexibility index (Phi) is 4.75. The van der Waals surface area contributed by atoms with Gasteiger partial charge in [0.25, 0.3) is 0 Å². The standard InChI is InChI=1S/C10H20N2OS/c1-11-7-3-4-9(13)12-8-10(14-2)5-6-10/h11H,3-8H2,1-2H3,(H,12,13). The van der Waals surface area contributed by atoms with Crippen molar-refractivity contribution >= 4 is 17.7 Å². The van der Waals surface area contributed by atoms with E-state index in [2.05, 4.69) is 16.9 Å². The average molecular weight is 216 g/mol. The summed E-state index contributed by atoms with van der Waals surface area (Å²) in [5.41, 5.74) is 0. The second-order valence-electron chi connectivity index (χ2n) is 3.87. The van der Waals surface area contributed by atoms with Gasteiger partial charge in [-0.05, 0) is 39.1 Å². The van der Waals surface area contributed by atoms with E-state index in [-0.39, 0.29) is 5.91 Å². The van der Waals surface area contributed by atoms with Gasteiger partial charge >= 0.3 is 0 Å². The Balaban J connectivity index is 2.03. The summed E-state index contributed by atoms with van der Waals surface area (Å²) in [5, 5.41) is 6.04. The molecule has 0 aromatic carbocycles. The summed E-state index contributed by atoms with van der Waals surface area (Å²) in [7, 11) is 1.91. The van der Waals surface area contributed by atoms with Crippen LogP contribution in [0, 0.1) is 0 Å². The lowest BCUT2D eigenvalue weighted by Gasteiger charge is -2.12. The second-order valence-corrected chi connectivity index (χ2v) is 5.15. The van der Waals surface area contributed by atoms with E-state index in [1.165, 1.54) is 12.8 Å². The van der Waals surface area contributed by atoms with Crippen LogP contribution in [0.2, 0.25) is 0 Å². The van der Waals surface area contributed by atoms with Crippen LogP contribution in [-0.4, -0.2) is 37.0 Å². The van der Waals surface area contributed by atoms with Crippen molar-refractivity contribution in [3.05, 3.63) is 0 Å². The molecule has 82 valence electrons. The Labute approximate surface area is 90.4 Å².